The summed E-state index contributed by atoms with van der Waals surface area (Å²) in [5.41, 5.74) is 0. The molecule has 0 atom stereocenters. The first-order valence-corrected chi connectivity index (χ1v) is 7.20. The summed E-state index contributed by atoms with van der Waals surface area (Å²) in [5, 5.41) is 1.05. The quantitative estimate of drug-likeness (QED) is 0.577. The van der Waals surface area contributed by atoms with E-state index in [-0.39, 0.29) is 0 Å². The maximum Gasteiger partial charge on any atom is 0.151 e. The van der Waals surface area contributed by atoms with Crippen molar-refractivity contribution >= 4 is 33.4 Å². The van der Waals surface area contributed by atoms with Gasteiger partial charge in [-0.25, -0.2) is 8.42 Å². The molecule has 0 unspecified atom stereocenters. The van der Waals surface area contributed by atoms with Crippen LogP contribution in [-0.4, -0.2) is 36.5 Å². The molecule has 1 heterocycles. The molecular weight excluding hydrogens is 188 g/mol. The van der Waals surface area contributed by atoms with Gasteiger partial charge >= 0.3 is 0 Å². The highest BCUT2D eigenvalue weighted by Gasteiger charge is 2.12. The van der Waals surface area contributed by atoms with Gasteiger partial charge in [-0.2, -0.15) is 23.5 Å². The normalized spacial score (nSPS) is 26.8. The summed E-state index contributed by atoms with van der Waals surface area (Å²) in [6.45, 7) is 0. The molecule has 5 heteroatoms. The van der Waals surface area contributed by atoms with Crippen molar-refractivity contribution in [1.29, 1.82) is 0 Å². The maximum atomic E-state index is 11.0. The van der Waals surface area contributed by atoms with Crippen LogP contribution in [-0.2, 0) is 9.84 Å². The molecule has 0 N–H and O–H groups in total. The second kappa shape index (κ2) is 3.88. The second-order valence-electron chi connectivity index (χ2n) is 2.09. The highest BCUT2D eigenvalue weighted by atomic mass is 32.2. The lowest BCUT2D eigenvalue weighted by Crippen LogP contribution is -2.16. The Morgan fingerprint density at radius 3 is 2.00 bits per heavy atom. The Morgan fingerprint density at radius 2 is 1.50 bits per heavy atom. The SMILES string of the molecule is O=S1(=O)CCSCSCC1. The molecule has 2 nitrogen and oxygen atoms in total. The fourth-order valence-electron chi connectivity index (χ4n) is 0.651. The molecule has 0 aromatic rings. The Kier molecular flexibility index (Phi) is 3.39. The van der Waals surface area contributed by atoms with Crippen LogP contribution >= 0.6 is 23.5 Å². The molecule has 1 aliphatic rings. The summed E-state index contributed by atoms with van der Waals surface area (Å²) in [6.07, 6.45) is 0. The molecule has 0 amide bonds. The van der Waals surface area contributed by atoms with Crippen LogP contribution in [0.1, 0.15) is 0 Å². The van der Waals surface area contributed by atoms with Gasteiger partial charge in [-0.15, -0.1) is 0 Å². The number of rotatable bonds is 0. The number of thioether (sulfide) groups is 2. The van der Waals surface area contributed by atoms with E-state index in [1.54, 1.807) is 23.5 Å². The van der Waals surface area contributed by atoms with Gasteiger partial charge in [0.2, 0.25) is 0 Å². The van der Waals surface area contributed by atoms with Gasteiger partial charge in [0, 0.05) is 16.6 Å². The molecule has 1 saturated heterocycles. The minimum absolute atomic E-state index is 0.373. The van der Waals surface area contributed by atoms with Crippen LogP contribution in [0.4, 0.5) is 0 Å². The minimum Gasteiger partial charge on any atom is -0.229 e. The highest BCUT2D eigenvalue weighted by molar-refractivity contribution is 8.16. The van der Waals surface area contributed by atoms with Crippen molar-refractivity contribution in [3.63, 3.8) is 0 Å². The van der Waals surface area contributed by atoms with Crippen molar-refractivity contribution in [2.45, 2.75) is 0 Å². The summed E-state index contributed by atoms with van der Waals surface area (Å²) >= 11 is 3.43. The molecule has 0 aliphatic carbocycles. The van der Waals surface area contributed by atoms with E-state index in [4.69, 9.17) is 0 Å². The largest absolute Gasteiger partial charge is 0.229 e. The fraction of sp³-hybridized carbons (Fsp3) is 1.00. The molecule has 1 fully saturated rings. The molecule has 10 heavy (non-hydrogen) atoms. The zero-order valence-corrected chi connectivity index (χ0v) is 8.03. The Morgan fingerprint density at radius 1 is 1.00 bits per heavy atom. The molecule has 0 spiro atoms. The monoisotopic (exact) mass is 198 g/mol. The molecule has 0 bridgehead atoms. The van der Waals surface area contributed by atoms with E-state index in [1.807, 2.05) is 0 Å². The van der Waals surface area contributed by atoms with Crippen molar-refractivity contribution in [1.82, 2.24) is 0 Å². The molecule has 0 saturated carbocycles. The van der Waals surface area contributed by atoms with Gasteiger partial charge in [0.15, 0.2) is 9.84 Å². The van der Waals surface area contributed by atoms with E-state index in [9.17, 15) is 8.42 Å². The van der Waals surface area contributed by atoms with E-state index in [0.717, 1.165) is 16.6 Å². The smallest absolute Gasteiger partial charge is 0.151 e. The van der Waals surface area contributed by atoms with Gasteiger partial charge in [0.25, 0.3) is 0 Å². The van der Waals surface area contributed by atoms with Crippen molar-refractivity contribution < 1.29 is 8.42 Å². The van der Waals surface area contributed by atoms with Crippen LogP contribution in [0.15, 0.2) is 0 Å². The van der Waals surface area contributed by atoms with Crippen molar-refractivity contribution in [3.8, 4) is 0 Å². The van der Waals surface area contributed by atoms with Gasteiger partial charge in [0.05, 0.1) is 11.5 Å². The fourth-order valence-corrected chi connectivity index (χ4v) is 5.24. The summed E-state index contributed by atoms with van der Waals surface area (Å²) < 4.78 is 22.0. The van der Waals surface area contributed by atoms with Crippen molar-refractivity contribution in [2.24, 2.45) is 0 Å². The van der Waals surface area contributed by atoms with E-state index >= 15 is 0 Å². The predicted molar refractivity (Wildman–Crippen MR) is 48.4 cm³/mol. The summed E-state index contributed by atoms with van der Waals surface area (Å²) in [5.74, 6) is 2.29. The van der Waals surface area contributed by atoms with Gasteiger partial charge in [-0.3, -0.25) is 0 Å². The lowest BCUT2D eigenvalue weighted by atomic mass is 10.9. The predicted octanol–water partition coefficient (Wildman–Crippen LogP) is 0.839. The summed E-state index contributed by atoms with van der Waals surface area (Å²) in [7, 11) is -2.68. The first-order chi connectivity index (χ1) is 4.71. The van der Waals surface area contributed by atoms with E-state index < -0.39 is 9.84 Å². The lowest BCUT2D eigenvalue weighted by molar-refractivity contribution is 0.599. The third-order valence-electron chi connectivity index (χ3n) is 1.24. The molecule has 60 valence electrons. The first-order valence-electron chi connectivity index (χ1n) is 3.07. The number of sulfone groups is 1. The van der Waals surface area contributed by atoms with Crippen LogP contribution < -0.4 is 0 Å². The Bertz CT molecular complexity index is 171. The van der Waals surface area contributed by atoms with E-state index in [2.05, 4.69) is 0 Å². The van der Waals surface area contributed by atoms with Gasteiger partial charge in [-0.05, 0) is 0 Å². The third kappa shape index (κ3) is 3.16. The van der Waals surface area contributed by atoms with Gasteiger partial charge in [0.1, 0.15) is 0 Å². The second-order valence-corrected chi connectivity index (χ2v) is 6.97. The van der Waals surface area contributed by atoms with Crippen LogP contribution in [0.5, 0.6) is 0 Å². The molecule has 1 aliphatic heterocycles. The van der Waals surface area contributed by atoms with Gasteiger partial charge in [-0.1, -0.05) is 0 Å². The van der Waals surface area contributed by atoms with E-state index in [0.29, 0.717) is 11.5 Å². The third-order valence-corrected chi connectivity index (χ3v) is 5.73. The maximum absolute atomic E-state index is 11.0. The zero-order valence-electron chi connectivity index (χ0n) is 5.58. The number of hydrogen-bond donors (Lipinski definition) is 0. The molecule has 0 aromatic carbocycles. The lowest BCUT2D eigenvalue weighted by Gasteiger charge is -2.07. The number of hydrogen-bond acceptors (Lipinski definition) is 4. The average Bonchev–Trinajstić information content (AvgIpc) is 1.81. The summed E-state index contributed by atoms with van der Waals surface area (Å²) in [6, 6.07) is 0. The Balaban J connectivity index is 2.46. The van der Waals surface area contributed by atoms with Gasteiger partial charge < -0.3 is 0 Å². The zero-order chi connectivity index (χ0) is 7.45. The molecule has 0 aromatic heterocycles. The Labute approximate surface area is 70.1 Å². The molecule has 0 radical (unpaired) electrons. The standard InChI is InChI=1S/C5H10O2S3/c6-10(7)3-1-8-5-9-2-4-10/h1-5H2. The minimum atomic E-state index is -2.68. The first kappa shape index (κ1) is 8.74. The average molecular weight is 198 g/mol. The van der Waals surface area contributed by atoms with Crippen molar-refractivity contribution in [2.75, 3.05) is 28.1 Å². The van der Waals surface area contributed by atoms with Crippen LogP contribution in [0.2, 0.25) is 0 Å². The molecular formula is C5H10O2S3. The summed E-state index contributed by atoms with van der Waals surface area (Å²) in [4.78, 5) is 0. The highest BCUT2D eigenvalue weighted by Crippen LogP contribution is 2.16. The Hall–Kier alpha value is 0.650. The van der Waals surface area contributed by atoms with Crippen LogP contribution in [0.3, 0.4) is 0 Å². The van der Waals surface area contributed by atoms with Crippen LogP contribution in [0, 0.1) is 0 Å². The van der Waals surface area contributed by atoms with Crippen molar-refractivity contribution in [3.05, 3.63) is 0 Å². The molecule has 1 rings (SSSR count). The van der Waals surface area contributed by atoms with Crippen LogP contribution in [0.25, 0.3) is 0 Å². The topological polar surface area (TPSA) is 34.1 Å². The van der Waals surface area contributed by atoms with E-state index in [1.165, 1.54) is 0 Å².